The van der Waals surface area contributed by atoms with Gasteiger partial charge in [-0.25, -0.2) is 0 Å². The van der Waals surface area contributed by atoms with Crippen molar-refractivity contribution >= 4 is 23.4 Å². The highest BCUT2D eigenvalue weighted by molar-refractivity contribution is 6.32. The van der Waals surface area contributed by atoms with Gasteiger partial charge in [0.1, 0.15) is 5.75 Å². The lowest BCUT2D eigenvalue weighted by atomic mass is 10.1. The monoisotopic (exact) mass is 459 g/mol. The van der Waals surface area contributed by atoms with Crippen LogP contribution in [0.4, 0.5) is 0 Å². The van der Waals surface area contributed by atoms with Gasteiger partial charge in [-0.15, -0.1) is 0 Å². The van der Waals surface area contributed by atoms with E-state index in [-0.39, 0.29) is 29.0 Å². The Morgan fingerprint density at radius 3 is 2.66 bits per heavy atom. The minimum Gasteiger partial charge on any atom is -0.493 e. The van der Waals surface area contributed by atoms with E-state index in [4.69, 9.17) is 31.5 Å². The number of rotatable bonds is 7. The Balaban J connectivity index is 1.37. The minimum absolute atomic E-state index is 0.124. The Bertz CT molecular complexity index is 1020. The molecule has 0 radical (unpaired) electrons. The van der Waals surface area contributed by atoms with Crippen LogP contribution in [0, 0.1) is 0 Å². The van der Waals surface area contributed by atoms with Crippen molar-refractivity contribution in [2.75, 3.05) is 46.5 Å². The fraction of sp³-hybridized carbons (Fsp3) is 0.391. The molecule has 32 heavy (non-hydrogen) atoms. The van der Waals surface area contributed by atoms with E-state index in [1.807, 2.05) is 11.0 Å². The van der Waals surface area contributed by atoms with E-state index in [9.17, 15) is 9.59 Å². The van der Waals surface area contributed by atoms with Crippen LogP contribution in [0.2, 0.25) is 5.02 Å². The number of benzene rings is 2. The first-order valence-corrected chi connectivity index (χ1v) is 10.9. The van der Waals surface area contributed by atoms with Crippen molar-refractivity contribution in [3.63, 3.8) is 0 Å². The van der Waals surface area contributed by atoms with Gasteiger partial charge in [-0.05, 0) is 29.3 Å². The summed E-state index contributed by atoms with van der Waals surface area (Å²) in [6, 6.07) is 9.48. The van der Waals surface area contributed by atoms with Crippen molar-refractivity contribution in [3.8, 4) is 17.2 Å². The number of methoxy groups -OCH3 is 1. The zero-order chi connectivity index (χ0) is 22.7. The van der Waals surface area contributed by atoms with Crippen LogP contribution in [0.15, 0.2) is 30.3 Å². The summed E-state index contributed by atoms with van der Waals surface area (Å²) >= 11 is 6.29. The Kier molecular flexibility index (Phi) is 6.72. The number of hydrogen-bond acceptors (Lipinski definition) is 6. The normalized spacial score (nSPS) is 15.8. The maximum Gasteiger partial charge on any atom is 0.255 e. The van der Waals surface area contributed by atoms with Gasteiger partial charge in [0.05, 0.1) is 18.7 Å². The average Bonchev–Trinajstić information content (AvgIpc) is 3.25. The van der Waals surface area contributed by atoms with E-state index in [0.29, 0.717) is 18.7 Å². The van der Waals surface area contributed by atoms with Crippen LogP contribution in [-0.2, 0) is 17.8 Å². The first-order chi connectivity index (χ1) is 15.4. The van der Waals surface area contributed by atoms with Crippen molar-refractivity contribution in [2.45, 2.75) is 13.0 Å². The minimum atomic E-state index is -0.630. The fourth-order valence-corrected chi connectivity index (χ4v) is 4.28. The van der Waals surface area contributed by atoms with Gasteiger partial charge in [-0.2, -0.15) is 0 Å². The van der Waals surface area contributed by atoms with Crippen LogP contribution in [-0.4, -0.2) is 68.1 Å². The summed E-state index contributed by atoms with van der Waals surface area (Å²) in [6.45, 7) is 4.07. The number of halogens is 1. The summed E-state index contributed by atoms with van der Waals surface area (Å²) in [7, 11) is 1.45. The zero-order valence-corrected chi connectivity index (χ0v) is 18.7. The van der Waals surface area contributed by atoms with E-state index >= 15 is 0 Å². The highest BCUT2D eigenvalue weighted by atomic mass is 35.5. The number of piperazine rings is 1. The van der Waals surface area contributed by atoms with Gasteiger partial charge in [0.2, 0.25) is 0 Å². The standard InChI is InChI=1S/C23H26ClN3O5/c1-30-20-12-17(11-18(24)22(20)32-14-21(25)28)23(29)27-7-5-26(6-8-27)13-15-2-3-19-16(10-15)4-9-31-19/h2-3,10-12H,4-9,13-14H2,1H3,(H2,25,28). The van der Waals surface area contributed by atoms with Crippen LogP contribution in [0.5, 0.6) is 17.2 Å². The van der Waals surface area contributed by atoms with Gasteiger partial charge < -0.3 is 24.8 Å². The maximum atomic E-state index is 13.1. The number of carbonyl (C=O) groups is 2. The smallest absolute Gasteiger partial charge is 0.255 e. The van der Waals surface area contributed by atoms with Gasteiger partial charge in [0, 0.05) is 44.7 Å². The quantitative estimate of drug-likeness (QED) is 0.681. The van der Waals surface area contributed by atoms with Gasteiger partial charge in [-0.3, -0.25) is 14.5 Å². The topological polar surface area (TPSA) is 94.3 Å². The molecule has 2 heterocycles. The summed E-state index contributed by atoms with van der Waals surface area (Å²) in [5.74, 6) is 0.704. The maximum absolute atomic E-state index is 13.1. The van der Waals surface area contributed by atoms with E-state index in [1.165, 1.54) is 24.3 Å². The Morgan fingerprint density at radius 1 is 1.16 bits per heavy atom. The fourth-order valence-electron chi connectivity index (χ4n) is 4.01. The number of nitrogens with two attached hydrogens (primary N) is 1. The zero-order valence-electron chi connectivity index (χ0n) is 17.9. The van der Waals surface area contributed by atoms with Gasteiger partial charge in [0.25, 0.3) is 11.8 Å². The second-order valence-corrected chi connectivity index (χ2v) is 8.26. The van der Waals surface area contributed by atoms with Crippen LogP contribution < -0.4 is 19.9 Å². The SMILES string of the molecule is COc1cc(C(=O)N2CCN(Cc3ccc4c(c3)CCO4)CC2)cc(Cl)c1OCC(N)=O. The number of ether oxygens (including phenoxy) is 3. The van der Waals surface area contributed by atoms with E-state index in [2.05, 4.69) is 17.0 Å². The summed E-state index contributed by atoms with van der Waals surface area (Å²) in [5, 5.41) is 0.188. The van der Waals surface area contributed by atoms with Crippen molar-refractivity contribution in [1.82, 2.24) is 9.80 Å². The highest BCUT2D eigenvalue weighted by Gasteiger charge is 2.25. The molecule has 2 amide bonds. The number of amides is 2. The van der Waals surface area contributed by atoms with Crippen molar-refractivity contribution in [2.24, 2.45) is 5.73 Å². The largest absolute Gasteiger partial charge is 0.493 e. The predicted octanol–water partition coefficient (Wildman–Crippen LogP) is 2.11. The van der Waals surface area contributed by atoms with Crippen LogP contribution in [0.3, 0.4) is 0 Å². The number of carbonyl (C=O) groups excluding carboxylic acids is 2. The predicted molar refractivity (Wildman–Crippen MR) is 120 cm³/mol. The molecular formula is C23H26ClN3O5. The molecule has 1 fully saturated rings. The molecular weight excluding hydrogens is 434 g/mol. The lowest BCUT2D eigenvalue weighted by Crippen LogP contribution is -2.48. The van der Waals surface area contributed by atoms with Gasteiger partial charge >= 0.3 is 0 Å². The first kappa shape index (κ1) is 22.2. The summed E-state index contributed by atoms with van der Waals surface area (Å²) in [4.78, 5) is 28.2. The molecule has 2 aromatic rings. The molecule has 0 spiro atoms. The molecule has 8 nitrogen and oxygen atoms in total. The Morgan fingerprint density at radius 2 is 1.94 bits per heavy atom. The molecule has 0 aromatic heterocycles. The molecule has 1 saturated heterocycles. The van der Waals surface area contributed by atoms with Crippen molar-refractivity contribution in [1.29, 1.82) is 0 Å². The molecule has 0 bridgehead atoms. The second-order valence-electron chi connectivity index (χ2n) is 7.85. The van der Waals surface area contributed by atoms with Crippen LogP contribution >= 0.6 is 11.6 Å². The molecule has 2 N–H and O–H groups in total. The van der Waals surface area contributed by atoms with Crippen molar-refractivity contribution < 1.29 is 23.8 Å². The number of hydrogen-bond donors (Lipinski definition) is 1. The lowest BCUT2D eigenvalue weighted by Gasteiger charge is -2.35. The molecule has 0 atom stereocenters. The third kappa shape index (κ3) is 4.92. The molecule has 2 aromatic carbocycles. The molecule has 170 valence electrons. The van der Waals surface area contributed by atoms with Gasteiger partial charge in [0.15, 0.2) is 18.1 Å². The summed E-state index contributed by atoms with van der Waals surface area (Å²) in [6.07, 6.45) is 0.962. The average molecular weight is 460 g/mol. The number of nitrogens with zero attached hydrogens (tertiary/aromatic N) is 2. The van der Waals surface area contributed by atoms with Crippen LogP contribution in [0.25, 0.3) is 0 Å². The molecule has 2 aliphatic heterocycles. The van der Waals surface area contributed by atoms with E-state index in [0.717, 1.165) is 38.4 Å². The van der Waals surface area contributed by atoms with E-state index in [1.54, 1.807) is 6.07 Å². The van der Waals surface area contributed by atoms with Crippen LogP contribution in [0.1, 0.15) is 21.5 Å². The molecule has 0 aliphatic carbocycles. The highest BCUT2D eigenvalue weighted by Crippen LogP contribution is 2.37. The van der Waals surface area contributed by atoms with E-state index < -0.39 is 5.91 Å². The molecule has 9 heteroatoms. The number of fused-ring (bicyclic) bond motifs is 1. The second kappa shape index (κ2) is 9.67. The Hall–Kier alpha value is -2.97. The Labute approximate surface area is 191 Å². The third-order valence-corrected chi connectivity index (χ3v) is 5.94. The van der Waals surface area contributed by atoms with Crippen molar-refractivity contribution in [3.05, 3.63) is 52.0 Å². The molecule has 4 rings (SSSR count). The summed E-state index contributed by atoms with van der Waals surface area (Å²) < 4.78 is 16.2. The molecule has 2 aliphatic rings. The molecule has 0 unspecified atom stereocenters. The first-order valence-electron chi connectivity index (χ1n) is 10.5. The lowest BCUT2D eigenvalue weighted by molar-refractivity contribution is -0.119. The third-order valence-electron chi connectivity index (χ3n) is 5.65. The summed E-state index contributed by atoms with van der Waals surface area (Å²) in [5.41, 5.74) is 8.06. The van der Waals surface area contributed by atoms with Gasteiger partial charge in [-0.1, -0.05) is 23.7 Å². The number of primary amides is 1. The molecule has 0 saturated carbocycles.